The predicted molar refractivity (Wildman–Crippen MR) is 114 cm³/mol. The zero-order chi connectivity index (χ0) is 19.8. The number of anilines is 3. The van der Waals surface area contributed by atoms with Crippen molar-refractivity contribution in [3.05, 3.63) is 40.6 Å². The molecule has 1 amide bonds. The second-order valence-electron chi connectivity index (χ2n) is 7.18. The van der Waals surface area contributed by atoms with Crippen molar-refractivity contribution in [2.24, 2.45) is 0 Å². The van der Waals surface area contributed by atoms with Gasteiger partial charge in [0.2, 0.25) is 0 Å². The van der Waals surface area contributed by atoms with Crippen LogP contribution in [0, 0.1) is 0 Å². The van der Waals surface area contributed by atoms with Gasteiger partial charge in [-0.1, -0.05) is 6.07 Å². The number of halogens is 1. The second-order valence-corrected chi connectivity index (χ2v) is 7.99. The molecule has 29 heavy (non-hydrogen) atoms. The first-order chi connectivity index (χ1) is 14.2. The number of ether oxygens (including phenoxy) is 1. The lowest BCUT2D eigenvalue weighted by atomic mass is 10.2. The third-order valence-corrected chi connectivity index (χ3v) is 5.37. The van der Waals surface area contributed by atoms with E-state index in [1.807, 2.05) is 12.1 Å². The standard InChI is InChI=1S/C20H20BrN5O3/c21-18-3-1-2-13(23-18)19(27)24-15-11-17-16(10-14(15)22-12-4-5-12)25-20(29-17)26-6-8-28-9-7-26/h1-3,10-12,22H,4-9H2,(H,24,27). The van der Waals surface area contributed by atoms with Crippen LogP contribution in [0.1, 0.15) is 23.3 Å². The molecule has 1 aromatic carbocycles. The number of morpholine rings is 1. The van der Waals surface area contributed by atoms with E-state index in [2.05, 4.69) is 41.4 Å². The summed E-state index contributed by atoms with van der Waals surface area (Å²) in [5.74, 6) is -0.280. The summed E-state index contributed by atoms with van der Waals surface area (Å²) in [5.41, 5.74) is 3.22. The first-order valence-electron chi connectivity index (χ1n) is 9.63. The lowest BCUT2D eigenvalue weighted by Crippen LogP contribution is -2.36. The molecule has 0 spiro atoms. The Morgan fingerprint density at radius 2 is 1.97 bits per heavy atom. The lowest BCUT2D eigenvalue weighted by Gasteiger charge is -2.24. The molecule has 1 saturated heterocycles. The maximum absolute atomic E-state index is 12.7. The Kier molecular flexibility index (Phi) is 4.84. The van der Waals surface area contributed by atoms with E-state index in [9.17, 15) is 4.79 Å². The van der Waals surface area contributed by atoms with Gasteiger partial charge in [-0.15, -0.1) is 0 Å². The van der Waals surface area contributed by atoms with Crippen LogP contribution in [0.5, 0.6) is 0 Å². The maximum Gasteiger partial charge on any atom is 0.298 e. The van der Waals surface area contributed by atoms with E-state index in [4.69, 9.17) is 9.15 Å². The highest BCUT2D eigenvalue weighted by molar-refractivity contribution is 9.10. The van der Waals surface area contributed by atoms with Gasteiger partial charge in [0.05, 0.1) is 24.6 Å². The molecule has 3 heterocycles. The number of carbonyl (C=O) groups excluding carboxylic acids is 1. The molecule has 0 unspecified atom stereocenters. The summed E-state index contributed by atoms with van der Waals surface area (Å²) in [6.07, 6.45) is 2.24. The van der Waals surface area contributed by atoms with E-state index >= 15 is 0 Å². The molecule has 3 aromatic rings. The van der Waals surface area contributed by atoms with E-state index in [1.165, 1.54) is 0 Å². The number of hydrogen-bond acceptors (Lipinski definition) is 7. The van der Waals surface area contributed by atoms with Crippen molar-refractivity contribution in [3.63, 3.8) is 0 Å². The third kappa shape index (κ3) is 4.06. The van der Waals surface area contributed by atoms with E-state index in [0.717, 1.165) is 37.1 Å². The molecular formula is C20H20BrN5O3. The number of pyridine rings is 1. The van der Waals surface area contributed by atoms with Gasteiger partial charge in [-0.05, 0) is 47.0 Å². The summed E-state index contributed by atoms with van der Waals surface area (Å²) in [7, 11) is 0. The van der Waals surface area contributed by atoms with E-state index in [1.54, 1.807) is 18.2 Å². The molecule has 5 rings (SSSR count). The fraction of sp³-hybridized carbons (Fsp3) is 0.350. The molecule has 0 atom stereocenters. The first kappa shape index (κ1) is 18.4. The molecule has 0 radical (unpaired) electrons. The largest absolute Gasteiger partial charge is 0.423 e. The number of fused-ring (bicyclic) bond motifs is 1. The first-order valence-corrected chi connectivity index (χ1v) is 10.4. The molecule has 2 fully saturated rings. The topological polar surface area (TPSA) is 92.5 Å². The van der Waals surface area contributed by atoms with Crippen molar-refractivity contribution in [2.45, 2.75) is 18.9 Å². The number of rotatable bonds is 5. The highest BCUT2D eigenvalue weighted by Gasteiger charge is 2.24. The Hall–Kier alpha value is -2.65. The number of nitrogens with zero attached hydrogens (tertiary/aromatic N) is 3. The SMILES string of the molecule is O=C(Nc1cc2oc(N3CCOCC3)nc2cc1NC1CC1)c1cccc(Br)n1. The van der Waals surface area contributed by atoms with Crippen molar-refractivity contribution in [1.82, 2.24) is 9.97 Å². The molecule has 2 aromatic heterocycles. The van der Waals surface area contributed by atoms with E-state index in [-0.39, 0.29) is 5.91 Å². The number of hydrogen-bond donors (Lipinski definition) is 2. The predicted octanol–water partition coefficient (Wildman–Crippen LogP) is 3.65. The van der Waals surface area contributed by atoms with Gasteiger partial charge in [-0.2, -0.15) is 4.98 Å². The minimum absolute atomic E-state index is 0.280. The van der Waals surface area contributed by atoms with Crippen LogP contribution in [0.25, 0.3) is 11.1 Å². The molecule has 2 aliphatic rings. The molecule has 150 valence electrons. The molecule has 1 aliphatic heterocycles. The van der Waals surface area contributed by atoms with Crippen LogP contribution in [-0.4, -0.2) is 48.2 Å². The number of aromatic nitrogens is 2. The molecular weight excluding hydrogens is 438 g/mol. The lowest BCUT2D eigenvalue weighted by molar-refractivity contribution is 0.102. The number of oxazole rings is 1. The van der Waals surface area contributed by atoms with Crippen LogP contribution < -0.4 is 15.5 Å². The fourth-order valence-electron chi connectivity index (χ4n) is 3.24. The van der Waals surface area contributed by atoms with Crippen LogP contribution in [0.3, 0.4) is 0 Å². The van der Waals surface area contributed by atoms with Crippen LogP contribution in [0.2, 0.25) is 0 Å². The maximum atomic E-state index is 12.7. The fourth-order valence-corrected chi connectivity index (χ4v) is 3.59. The number of carbonyl (C=O) groups is 1. The Labute approximate surface area is 175 Å². The summed E-state index contributed by atoms with van der Waals surface area (Å²) in [5, 5.41) is 6.44. The Balaban J connectivity index is 1.47. The number of benzene rings is 1. The van der Waals surface area contributed by atoms with Gasteiger partial charge in [0.1, 0.15) is 15.8 Å². The van der Waals surface area contributed by atoms with Crippen LogP contribution in [-0.2, 0) is 4.74 Å². The molecule has 2 N–H and O–H groups in total. The molecule has 8 nitrogen and oxygen atoms in total. The minimum atomic E-state index is -0.280. The zero-order valence-electron chi connectivity index (χ0n) is 15.7. The average molecular weight is 458 g/mol. The second kappa shape index (κ2) is 7.64. The smallest absolute Gasteiger partial charge is 0.298 e. The van der Waals surface area contributed by atoms with E-state index in [0.29, 0.717) is 46.8 Å². The van der Waals surface area contributed by atoms with Gasteiger partial charge >= 0.3 is 0 Å². The normalized spacial score (nSPS) is 16.8. The highest BCUT2D eigenvalue weighted by atomic mass is 79.9. The van der Waals surface area contributed by atoms with Crippen molar-refractivity contribution in [2.75, 3.05) is 41.8 Å². The van der Waals surface area contributed by atoms with Gasteiger partial charge < -0.3 is 24.7 Å². The van der Waals surface area contributed by atoms with Crippen molar-refractivity contribution < 1.29 is 13.9 Å². The Bertz CT molecular complexity index is 1060. The van der Waals surface area contributed by atoms with Gasteiger partial charge in [0, 0.05) is 25.2 Å². The monoisotopic (exact) mass is 457 g/mol. The minimum Gasteiger partial charge on any atom is -0.423 e. The number of amides is 1. The van der Waals surface area contributed by atoms with E-state index < -0.39 is 0 Å². The van der Waals surface area contributed by atoms with Gasteiger partial charge in [0.25, 0.3) is 11.9 Å². The summed E-state index contributed by atoms with van der Waals surface area (Å²) >= 11 is 3.30. The Morgan fingerprint density at radius 3 is 2.72 bits per heavy atom. The van der Waals surface area contributed by atoms with Crippen molar-refractivity contribution in [1.29, 1.82) is 0 Å². The number of nitrogens with one attached hydrogen (secondary N) is 2. The summed E-state index contributed by atoms with van der Waals surface area (Å²) < 4.78 is 12.0. The molecule has 9 heteroatoms. The van der Waals surface area contributed by atoms with Gasteiger partial charge in [0.15, 0.2) is 5.58 Å². The third-order valence-electron chi connectivity index (χ3n) is 4.93. The molecule has 1 aliphatic carbocycles. The zero-order valence-corrected chi connectivity index (χ0v) is 17.2. The molecule has 1 saturated carbocycles. The summed E-state index contributed by atoms with van der Waals surface area (Å²) in [4.78, 5) is 23.7. The quantitative estimate of drug-likeness (QED) is 0.564. The van der Waals surface area contributed by atoms with Gasteiger partial charge in [-0.3, -0.25) is 4.79 Å². The van der Waals surface area contributed by atoms with Crippen LogP contribution >= 0.6 is 15.9 Å². The van der Waals surface area contributed by atoms with Gasteiger partial charge in [-0.25, -0.2) is 4.98 Å². The van der Waals surface area contributed by atoms with Crippen molar-refractivity contribution in [3.8, 4) is 0 Å². The summed E-state index contributed by atoms with van der Waals surface area (Å²) in [6, 6.07) is 10.0. The highest BCUT2D eigenvalue weighted by Crippen LogP contribution is 2.35. The van der Waals surface area contributed by atoms with Crippen LogP contribution in [0.4, 0.5) is 17.4 Å². The van der Waals surface area contributed by atoms with Crippen LogP contribution in [0.15, 0.2) is 39.4 Å². The average Bonchev–Trinajstić information content (AvgIpc) is 3.45. The van der Waals surface area contributed by atoms with Crippen molar-refractivity contribution >= 4 is 50.3 Å². The molecule has 0 bridgehead atoms. The Morgan fingerprint density at radius 1 is 1.14 bits per heavy atom. The summed E-state index contributed by atoms with van der Waals surface area (Å²) in [6.45, 7) is 2.82.